The summed E-state index contributed by atoms with van der Waals surface area (Å²) in [7, 11) is -1.96. The zero-order chi connectivity index (χ0) is 10.6. The highest BCUT2D eigenvalue weighted by molar-refractivity contribution is 7.89. The van der Waals surface area contributed by atoms with Gasteiger partial charge in [0.25, 0.3) is 0 Å². The van der Waals surface area contributed by atoms with E-state index in [1.54, 1.807) is 24.3 Å². The Morgan fingerprint density at radius 3 is 2.57 bits per heavy atom. The Labute approximate surface area is 84.2 Å². The van der Waals surface area contributed by atoms with E-state index in [-0.39, 0.29) is 0 Å². The Morgan fingerprint density at radius 1 is 1.36 bits per heavy atom. The fraction of sp³-hybridized carbons (Fsp3) is 0.333. The number of benzene rings is 1. The molecule has 0 radical (unpaired) electrons. The molecular weight excluding hydrogens is 200 g/mol. The number of rotatable bonds is 4. The van der Waals surface area contributed by atoms with Crippen molar-refractivity contribution in [2.45, 2.75) is 11.3 Å². The number of hydrogen-bond donors (Lipinski definition) is 2. The van der Waals surface area contributed by atoms with Crippen LogP contribution in [0.2, 0.25) is 0 Å². The van der Waals surface area contributed by atoms with Crippen molar-refractivity contribution in [2.24, 2.45) is 5.73 Å². The molecule has 0 aliphatic carbocycles. The molecule has 0 atom stereocenters. The Kier molecular flexibility index (Phi) is 3.62. The van der Waals surface area contributed by atoms with Gasteiger partial charge in [-0.05, 0) is 31.6 Å². The first-order valence-electron chi connectivity index (χ1n) is 4.33. The molecular formula is C9H14N2O2S. The fourth-order valence-electron chi connectivity index (χ4n) is 1.24. The maximum Gasteiger partial charge on any atom is 0.240 e. The average molecular weight is 214 g/mol. The van der Waals surface area contributed by atoms with Crippen LogP contribution in [0.3, 0.4) is 0 Å². The molecule has 1 aromatic rings. The van der Waals surface area contributed by atoms with Crippen LogP contribution in [-0.4, -0.2) is 22.0 Å². The average Bonchev–Trinajstić information content (AvgIpc) is 2.19. The van der Waals surface area contributed by atoms with Crippen LogP contribution in [0.15, 0.2) is 29.2 Å². The lowest BCUT2D eigenvalue weighted by molar-refractivity contribution is 0.587. The van der Waals surface area contributed by atoms with Gasteiger partial charge in [-0.25, -0.2) is 13.1 Å². The summed E-state index contributed by atoms with van der Waals surface area (Å²) in [6, 6.07) is 6.86. The molecule has 0 saturated heterocycles. The first-order chi connectivity index (χ1) is 6.61. The highest BCUT2D eigenvalue weighted by Crippen LogP contribution is 2.14. The number of nitrogens with two attached hydrogens (primary N) is 1. The maximum atomic E-state index is 11.5. The van der Waals surface area contributed by atoms with Crippen molar-refractivity contribution >= 4 is 10.0 Å². The molecule has 0 saturated carbocycles. The third-order valence-electron chi connectivity index (χ3n) is 1.94. The van der Waals surface area contributed by atoms with E-state index in [9.17, 15) is 8.42 Å². The number of sulfonamides is 1. The smallest absolute Gasteiger partial charge is 0.240 e. The fourth-order valence-corrected chi connectivity index (χ4v) is 2.23. The topological polar surface area (TPSA) is 72.2 Å². The summed E-state index contributed by atoms with van der Waals surface area (Å²) in [6.45, 7) is 0.441. The SMILES string of the molecule is CNS(=O)(=O)c1ccccc1CCN. The van der Waals surface area contributed by atoms with Gasteiger partial charge in [-0.1, -0.05) is 18.2 Å². The quantitative estimate of drug-likeness (QED) is 0.746. The summed E-state index contributed by atoms with van der Waals surface area (Å²) in [6.07, 6.45) is 0.567. The minimum absolute atomic E-state index is 0.313. The Hall–Kier alpha value is -0.910. The molecule has 1 aromatic carbocycles. The molecule has 0 amide bonds. The van der Waals surface area contributed by atoms with Gasteiger partial charge in [0, 0.05) is 0 Å². The van der Waals surface area contributed by atoms with Gasteiger partial charge in [0.1, 0.15) is 0 Å². The summed E-state index contributed by atoms with van der Waals surface area (Å²) in [5.41, 5.74) is 6.15. The summed E-state index contributed by atoms with van der Waals surface area (Å²) in [4.78, 5) is 0.313. The summed E-state index contributed by atoms with van der Waals surface area (Å²) in [5, 5.41) is 0. The molecule has 0 spiro atoms. The standard InChI is InChI=1S/C9H14N2O2S/c1-11-14(12,13)9-5-3-2-4-8(9)6-7-10/h2-5,11H,6-7,10H2,1H3. The molecule has 1 rings (SSSR count). The van der Waals surface area contributed by atoms with Crippen molar-refractivity contribution in [3.63, 3.8) is 0 Å². The van der Waals surface area contributed by atoms with Gasteiger partial charge in [0.15, 0.2) is 0 Å². The third kappa shape index (κ3) is 2.31. The van der Waals surface area contributed by atoms with Crippen LogP contribution in [0, 0.1) is 0 Å². The number of hydrogen-bond acceptors (Lipinski definition) is 3. The zero-order valence-corrected chi connectivity index (χ0v) is 8.84. The third-order valence-corrected chi connectivity index (χ3v) is 3.46. The van der Waals surface area contributed by atoms with Crippen LogP contribution in [-0.2, 0) is 16.4 Å². The van der Waals surface area contributed by atoms with Crippen molar-refractivity contribution in [3.05, 3.63) is 29.8 Å². The van der Waals surface area contributed by atoms with E-state index < -0.39 is 10.0 Å². The molecule has 5 heteroatoms. The second kappa shape index (κ2) is 4.54. The van der Waals surface area contributed by atoms with Crippen LogP contribution in [0.25, 0.3) is 0 Å². The van der Waals surface area contributed by atoms with Gasteiger partial charge in [-0.2, -0.15) is 0 Å². The monoisotopic (exact) mass is 214 g/mol. The second-order valence-corrected chi connectivity index (χ2v) is 4.71. The van der Waals surface area contributed by atoms with Gasteiger partial charge < -0.3 is 5.73 Å². The lowest BCUT2D eigenvalue weighted by atomic mass is 10.1. The molecule has 0 aliphatic rings. The molecule has 14 heavy (non-hydrogen) atoms. The minimum atomic E-state index is -3.36. The predicted octanol–water partition coefficient (Wildman–Crippen LogP) is 0.0959. The van der Waals surface area contributed by atoms with Crippen LogP contribution < -0.4 is 10.5 Å². The first kappa shape index (κ1) is 11.2. The van der Waals surface area contributed by atoms with E-state index >= 15 is 0 Å². The Morgan fingerprint density at radius 2 is 2.00 bits per heavy atom. The largest absolute Gasteiger partial charge is 0.330 e. The molecule has 3 N–H and O–H groups in total. The van der Waals surface area contributed by atoms with Gasteiger partial charge in [0.05, 0.1) is 4.90 Å². The van der Waals surface area contributed by atoms with E-state index in [4.69, 9.17) is 5.73 Å². The molecule has 78 valence electrons. The van der Waals surface area contributed by atoms with E-state index in [0.717, 1.165) is 5.56 Å². The number of nitrogens with one attached hydrogen (secondary N) is 1. The lowest BCUT2D eigenvalue weighted by Crippen LogP contribution is -2.20. The van der Waals surface area contributed by atoms with E-state index in [2.05, 4.69) is 4.72 Å². The molecule has 4 nitrogen and oxygen atoms in total. The molecule has 0 bridgehead atoms. The van der Waals surface area contributed by atoms with Crippen molar-refractivity contribution in [3.8, 4) is 0 Å². The van der Waals surface area contributed by atoms with Gasteiger partial charge >= 0.3 is 0 Å². The van der Waals surface area contributed by atoms with Crippen LogP contribution in [0.4, 0.5) is 0 Å². The van der Waals surface area contributed by atoms with E-state index in [0.29, 0.717) is 17.9 Å². The normalized spacial score (nSPS) is 11.6. The predicted molar refractivity (Wildman–Crippen MR) is 55.4 cm³/mol. The van der Waals surface area contributed by atoms with Crippen LogP contribution >= 0.6 is 0 Å². The summed E-state index contributed by atoms with van der Waals surface area (Å²) in [5.74, 6) is 0. The van der Waals surface area contributed by atoms with Gasteiger partial charge in [-0.15, -0.1) is 0 Å². The molecule has 0 unspecified atom stereocenters. The van der Waals surface area contributed by atoms with Crippen LogP contribution in [0.5, 0.6) is 0 Å². The molecule has 0 aromatic heterocycles. The van der Waals surface area contributed by atoms with Crippen molar-refractivity contribution in [2.75, 3.05) is 13.6 Å². The van der Waals surface area contributed by atoms with Crippen molar-refractivity contribution in [1.82, 2.24) is 4.72 Å². The Balaban J connectivity index is 3.20. The van der Waals surface area contributed by atoms with E-state index in [1.165, 1.54) is 7.05 Å². The molecule has 0 aliphatic heterocycles. The lowest BCUT2D eigenvalue weighted by Gasteiger charge is -2.07. The minimum Gasteiger partial charge on any atom is -0.330 e. The summed E-state index contributed by atoms with van der Waals surface area (Å²) < 4.78 is 25.4. The second-order valence-electron chi connectivity index (χ2n) is 2.85. The Bertz CT molecular complexity index is 401. The molecule has 0 fully saturated rings. The zero-order valence-electron chi connectivity index (χ0n) is 8.03. The van der Waals surface area contributed by atoms with Crippen LogP contribution in [0.1, 0.15) is 5.56 Å². The van der Waals surface area contributed by atoms with Crippen molar-refractivity contribution in [1.29, 1.82) is 0 Å². The summed E-state index contributed by atoms with van der Waals surface area (Å²) >= 11 is 0. The van der Waals surface area contributed by atoms with Gasteiger partial charge in [-0.3, -0.25) is 0 Å². The van der Waals surface area contributed by atoms with E-state index in [1.807, 2.05) is 0 Å². The highest BCUT2D eigenvalue weighted by Gasteiger charge is 2.14. The molecule has 0 heterocycles. The first-order valence-corrected chi connectivity index (χ1v) is 5.81. The van der Waals surface area contributed by atoms with Gasteiger partial charge in [0.2, 0.25) is 10.0 Å². The maximum absolute atomic E-state index is 11.5. The highest BCUT2D eigenvalue weighted by atomic mass is 32.2. The van der Waals surface area contributed by atoms with Crippen molar-refractivity contribution < 1.29 is 8.42 Å².